The summed E-state index contributed by atoms with van der Waals surface area (Å²) in [5.74, 6) is -1.95. The van der Waals surface area contributed by atoms with Gasteiger partial charge in [0.2, 0.25) is 10.0 Å². The number of nitrogens with one attached hydrogen (secondary N) is 1. The lowest BCUT2D eigenvalue weighted by molar-refractivity contribution is 0.0600. The van der Waals surface area contributed by atoms with Gasteiger partial charge in [-0.3, -0.25) is 4.72 Å². The molecule has 0 atom stereocenters. The van der Waals surface area contributed by atoms with Crippen molar-refractivity contribution < 1.29 is 22.3 Å². The summed E-state index contributed by atoms with van der Waals surface area (Å²) in [6, 6.07) is 3.23. The van der Waals surface area contributed by atoms with E-state index in [0.29, 0.717) is 0 Å². The van der Waals surface area contributed by atoms with Crippen LogP contribution in [0.2, 0.25) is 0 Å². The summed E-state index contributed by atoms with van der Waals surface area (Å²) in [5, 5.41) is 0. The first-order valence-electron chi connectivity index (χ1n) is 4.84. The highest BCUT2D eigenvalue weighted by Gasteiger charge is 2.15. The third-order valence-corrected chi connectivity index (χ3v) is 3.68. The van der Waals surface area contributed by atoms with E-state index in [1.807, 2.05) is 4.72 Å². The Hall–Kier alpha value is -1.34. The van der Waals surface area contributed by atoms with Crippen LogP contribution in [0.4, 0.5) is 10.1 Å². The van der Waals surface area contributed by atoms with E-state index in [9.17, 15) is 17.6 Å². The average Bonchev–Trinajstić information content (AvgIpc) is 2.30. The molecular weight excluding hydrogens is 285 g/mol. The minimum absolute atomic E-state index is 0.0440. The van der Waals surface area contributed by atoms with Crippen molar-refractivity contribution >= 4 is 33.3 Å². The monoisotopic (exact) mass is 295 g/mol. The van der Waals surface area contributed by atoms with Gasteiger partial charge in [0.05, 0.1) is 24.1 Å². The van der Waals surface area contributed by atoms with Crippen LogP contribution < -0.4 is 4.72 Å². The Balaban J connectivity index is 3.05. The quantitative estimate of drug-likeness (QED) is 0.661. The molecule has 1 N–H and O–H groups in total. The minimum atomic E-state index is -3.73. The smallest absolute Gasteiger partial charge is 0.337 e. The first-order chi connectivity index (χ1) is 8.39. The zero-order chi connectivity index (χ0) is 13.8. The number of methoxy groups -OCH3 is 1. The Bertz CT molecular complexity index is 547. The van der Waals surface area contributed by atoms with Gasteiger partial charge in [-0.2, -0.15) is 0 Å². The Morgan fingerprint density at radius 2 is 2.17 bits per heavy atom. The number of halogens is 2. The molecule has 0 amide bonds. The molecule has 0 aromatic heterocycles. The molecule has 100 valence electrons. The first kappa shape index (κ1) is 14.7. The number of alkyl halides is 1. The fourth-order valence-electron chi connectivity index (χ4n) is 1.17. The zero-order valence-electron chi connectivity index (χ0n) is 9.44. The first-order valence-corrected chi connectivity index (χ1v) is 7.02. The van der Waals surface area contributed by atoms with Crippen molar-refractivity contribution in [2.75, 3.05) is 23.5 Å². The standard InChI is InChI=1S/C10H11ClFNO4S/c1-17-10(14)7-2-3-8(12)9(6-7)13-18(15,16)5-4-11/h2-3,6,13H,4-5H2,1H3. The molecule has 0 aliphatic carbocycles. The number of hydrogen-bond donors (Lipinski definition) is 1. The number of sulfonamides is 1. The maximum atomic E-state index is 13.4. The molecule has 1 aromatic carbocycles. The van der Waals surface area contributed by atoms with Crippen LogP contribution in [-0.4, -0.2) is 33.1 Å². The second-order valence-corrected chi connectivity index (χ2v) is 5.52. The third-order valence-electron chi connectivity index (χ3n) is 2.00. The molecule has 0 bridgehead atoms. The lowest BCUT2D eigenvalue weighted by Gasteiger charge is -2.09. The molecule has 0 heterocycles. The molecule has 1 aromatic rings. The van der Waals surface area contributed by atoms with Crippen molar-refractivity contribution in [1.29, 1.82) is 0 Å². The Labute approximate surface area is 109 Å². The van der Waals surface area contributed by atoms with Crippen molar-refractivity contribution in [3.8, 4) is 0 Å². The van der Waals surface area contributed by atoms with Crippen LogP contribution in [0, 0.1) is 5.82 Å². The van der Waals surface area contributed by atoms with Crippen molar-refractivity contribution in [2.24, 2.45) is 0 Å². The molecule has 8 heteroatoms. The van der Waals surface area contributed by atoms with E-state index >= 15 is 0 Å². The van der Waals surface area contributed by atoms with Crippen LogP contribution in [0.25, 0.3) is 0 Å². The predicted molar refractivity (Wildman–Crippen MR) is 65.9 cm³/mol. The molecule has 1 rings (SSSR count). The highest BCUT2D eigenvalue weighted by molar-refractivity contribution is 7.92. The highest BCUT2D eigenvalue weighted by atomic mass is 35.5. The summed E-state index contributed by atoms with van der Waals surface area (Å²) in [6.07, 6.45) is 0. The fourth-order valence-corrected chi connectivity index (χ4v) is 2.57. The number of rotatable bonds is 5. The van der Waals surface area contributed by atoms with E-state index in [-0.39, 0.29) is 22.9 Å². The summed E-state index contributed by atoms with van der Waals surface area (Å²) < 4.78 is 42.7. The molecule has 0 aliphatic heterocycles. The SMILES string of the molecule is COC(=O)c1ccc(F)c(NS(=O)(=O)CCCl)c1. The number of hydrogen-bond acceptors (Lipinski definition) is 4. The summed E-state index contributed by atoms with van der Waals surface area (Å²) in [7, 11) is -2.56. The van der Waals surface area contributed by atoms with Crippen LogP contribution in [-0.2, 0) is 14.8 Å². The largest absolute Gasteiger partial charge is 0.465 e. The van der Waals surface area contributed by atoms with E-state index in [0.717, 1.165) is 12.1 Å². The normalized spacial score (nSPS) is 11.1. The second kappa shape index (κ2) is 6.01. The van der Waals surface area contributed by atoms with Gasteiger partial charge in [-0.1, -0.05) is 0 Å². The van der Waals surface area contributed by atoms with Gasteiger partial charge in [-0.25, -0.2) is 17.6 Å². The number of carbonyl (C=O) groups is 1. The van der Waals surface area contributed by atoms with Crippen molar-refractivity contribution in [2.45, 2.75) is 0 Å². The van der Waals surface area contributed by atoms with E-state index < -0.39 is 21.8 Å². The maximum absolute atomic E-state index is 13.4. The number of anilines is 1. The predicted octanol–water partition coefficient (Wildman–Crippen LogP) is 1.59. The molecule has 18 heavy (non-hydrogen) atoms. The maximum Gasteiger partial charge on any atom is 0.337 e. The molecule has 0 aliphatic rings. The fraction of sp³-hybridized carbons (Fsp3) is 0.300. The zero-order valence-corrected chi connectivity index (χ0v) is 11.0. The van der Waals surface area contributed by atoms with Crippen LogP contribution in [0.1, 0.15) is 10.4 Å². The van der Waals surface area contributed by atoms with Crippen molar-refractivity contribution in [3.05, 3.63) is 29.6 Å². The van der Waals surface area contributed by atoms with Crippen LogP contribution in [0.5, 0.6) is 0 Å². The minimum Gasteiger partial charge on any atom is -0.465 e. The van der Waals surface area contributed by atoms with Gasteiger partial charge in [0.15, 0.2) is 0 Å². The lowest BCUT2D eigenvalue weighted by Crippen LogP contribution is -2.18. The van der Waals surface area contributed by atoms with Crippen LogP contribution in [0.3, 0.4) is 0 Å². The highest BCUT2D eigenvalue weighted by Crippen LogP contribution is 2.18. The van der Waals surface area contributed by atoms with Crippen molar-refractivity contribution in [1.82, 2.24) is 0 Å². The molecule has 0 saturated heterocycles. The molecule has 5 nitrogen and oxygen atoms in total. The number of esters is 1. The lowest BCUT2D eigenvalue weighted by atomic mass is 10.2. The summed E-state index contributed by atoms with van der Waals surface area (Å²) in [6.45, 7) is 0. The molecule has 0 fully saturated rings. The van der Waals surface area contributed by atoms with E-state index in [1.165, 1.54) is 13.2 Å². The number of carbonyl (C=O) groups excluding carboxylic acids is 1. The molecular formula is C10H11ClFNO4S. The molecule has 0 spiro atoms. The van der Waals surface area contributed by atoms with Gasteiger partial charge < -0.3 is 4.74 Å². The number of benzene rings is 1. The Morgan fingerprint density at radius 1 is 1.50 bits per heavy atom. The van der Waals surface area contributed by atoms with Gasteiger partial charge in [0.1, 0.15) is 5.82 Å². The van der Waals surface area contributed by atoms with Gasteiger partial charge >= 0.3 is 5.97 Å². The topological polar surface area (TPSA) is 72.5 Å². The molecule has 0 saturated carbocycles. The van der Waals surface area contributed by atoms with Gasteiger partial charge in [-0.15, -0.1) is 11.6 Å². The van der Waals surface area contributed by atoms with Crippen LogP contribution >= 0.6 is 11.6 Å². The average molecular weight is 296 g/mol. The molecule has 0 radical (unpaired) electrons. The van der Waals surface area contributed by atoms with Gasteiger partial charge in [0.25, 0.3) is 0 Å². The molecule has 0 unspecified atom stereocenters. The Kier molecular flexibility index (Phi) is 4.92. The summed E-state index contributed by atoms with van der Waals surface area (Å²) >= 11 is 5.31. The summed E-state index contributed by atoms with van der Waals surface area (Å²) in [5.41, 5.74) is -0.273. The number of ether oxygens (including phenoxy) is 1. The summed E-state index contributed by atoms with van der Waals surface area (Å²) in [4.78, 5) is 11.2. The van der Waals surface area contributed by atoms with Crippen LogP contribution in [0.15, 0.2) is 18.2 Å². The van der Waals surface area contributed by atoms with Gasteiger partial charge in [-0.05, 0) is 18.2 Å². The van der Waals surface area contributed by atoms with E-state index in [2.05, 4.69) is 4.74 Å². The second-order valence-electron chi connectivity index (χ2n) is 3.30. The Morgan fingerprint density at radius 3 is 2.72 bits per heavy atom. The van der Waals surface area contributed by atoms with E-state index in [1.54, 1.807) is 0 Å². The van der Waals surface area contributed by atoms with Gasteiger partial charge in [0, 0.05) is 5.88 Å². The third kappa shape index (κ3) is 3.85. The van der Waals surface area contributed by atoms with E-state index in [4.69, 9.17) is 11.6 Å². The van der Waals surface area contributed by atoms with Crippen molar-refractivity contribution in [3.63, 3.8) is 0 Å².